The van der Waals surface area contributed by atoms with Crippen LogP contribution in [0.15, 0.2) is 22.7 Å². The second kappa shape index (κ2) is 3.77. The summed E-state index contributed by atoms with van der Waals surface area (Å²) >= 11 is 3.41. The molecule has 0 aromatic heterocycles. The van der Waals surface area contributed by atoms with E-state index in [0.29, 0.717) is 6.04 Å². The number of carbonyl (C=O) groups is 1. The number of anilines is 1. The van der Waals surface area contributed by atoms with E-state index in [1.54, 1.807) is 0 Å². The van der Waals surface area contributed by atoms with E-state index in [1.165, 1.54) is 12.0 Å². The van der Waals surface area contributed by atoms with Crippen molar-refractivity contribution < 1.29 is 4.79 Å². The van der Waals surface area contributed by atoms with Gasteiger partial charge in [-0.15, -0.1) is 0 Å². The standard InChI is InChI=1S/C12H13BrN2O/c13-9-5-4-8-7-15(10-2-1-3-10)12(16)14-11(8)6-9/h4-6,10H,1-3,7H2,(H,14,16). The molecular weight excluding hydrogens is 268 g/mol. The Morgan fingerprint density at radius 1 is 1.38 bits per heavy atom. The molecule has 1 heterocycles. The molecule has 3 rings (SSSR count). The van der Waals surface area contributed by atoms with Gasteiger partial charge < -0.3 is 10.2 Å². The van der Waals surface area contributed by atoms with E-state index in [-0.39, 0.29) is 6.03 Å². The number of hydrogen-bond donors (Lipinski definition) is 1. The lowest BCUT2D eigenvalue weighted by molar-refractivity contribution is 0.141. The van der Waals surface area contributed by atoms with Crippen LogP contribution >= 0.6 is 15.9 Å². The van der Waals surface area contributed by atoms with Crippen LogP contribution in [0.5, 0.6) is 0 Å². The van der Waals surface area contributed by atoms with Gasteiger partial charge in [-0.25, -0.2) is 4.79 Å². The largest absolute Gasteiger partial charge is 0.322 e. The van der Waals surface area contributed by atoms with Crippen molar-refractivity contribution in [1.29, 1.82) is 0 Å². The van der Waals surface area contributed by atoms with Gasteiger partial charge in [0.25, 0.3) is 0 Å². The summed E-state index contributed by atoms with van der Waals surface area (Å²) in [5.74, 6) is 0. The number of urea groups is 1. The average molecular weight is 281 g/mol. The zero-order valence-corrected chi connectivity index (χ0v) is 10.5. The Morgan fingerprint density at radius 2 is 2.19 bits per heavy atom. The highest BCUT2D eigenvalue weighted by atomic mass is 79.9. The van der Waals surface area contributed by atoms with Crippen molar-refractivity contribution in [3.8, 4) is 0 Å². The van der Waals surface area contributed by atoms with Gasteiger partial charge in [-0.2, -0.15) is 0 Å². The maximum Gasteiger partial charge on any atom is 0.322 e. The molecule has 84 valence electrons. The Bertz CT molecular complexity index is 443. The van der Waals surface area contributed by atoms with Crippen molar-refractivity contribution in [2.45, 2.75) is 31.8 Å². The SMILES string of the molecule is O=C1Nc2cc(Br)ccc2CN1C1CCC1. The van der Waals surface area contributed by atoms with Gasteiger partial charge in [-0.05, 0) is 37.0 Å². The van der Waals surface area contributed by atoms with Gasteiger partial charge in [0.2, 0.25) is 0 Å². The third kappa shape index (κ3) is 1.61. The Morgan fingerprint density at radius 3 is 2.88 bits per heavy atom. The maximum absolute atomic E-state index is 11.9. The van der Waals surface area contributed by atoms with Gasteiger partial charge >= 0.3 is 6.03 Å². The van der Waals surface area contributed by atoms with Crippen molar-refractivity contribution in [3.63, 3.8) is 0 Å². The van der Waals surface area contributed by atoms with Crippen LogP contribution < -0.4 is 5.32 Å². The maximum atomic E-state index is 11.9. The van der Waals surface area contributed by atoms with Crippen LogP contribution in [0.1, 0.15) is 24.8 Å². The fourth-order valence-corrected chi connectivity index (χ4v) is 2.60. The van der Waals surface area contributed by atoms with E-state index >= 15 is 0 Å². The third-order valence-corrected chi connectivity index (χ3v) is 3.92. The summed E-state index contributed by atoms with van der Waals surface area (Å²) in [6, 6.07) is 6.57. The van der Waals surface area contributed by atoms with Gasteiger partial charge in [0.15, 0.2) is 0 Å². The quantitative estimate of drug-likeness (QED) is 0.841. The van der Waals surface area contributed by atoms with Gasteiger partial charge in [-0.3, -0.25) is 0 Å². The van der Waals surface area contributed by atoms with Crippen LogP contribution in [0.25, 0.3) is 0 Å². The van der Waals surface area contributed by atoms with Gasteiger partial charge in [0.1, 0.15) is 0 Å². The lowest BCUT2D eigenvalue weighted by Gasteiger charge is -2.40. The van der Waals surface area contributed by atoms with Crippen molar-refractivity contribution in [1.82, 2.24) is 4.90 Å². The predicted octanol–water partition coefficient (Wildman–Crippen LogP) is 3.35. The Labute approximate surface area is 103 Å². The Balaban J connectivity index is 1.89. The summed E-state index contributed by atoms with van der Waals surface area (Å²) in [5.41, 5.74) is 2.14. The molecule has 4 heteroatoms. The van der Waals surface area contributed by atoms with Crippen LogP contribution in [0.2, 0.25) is 0 Å². The highest BCUT2D eigenvalue weighted by Gasteiger charge is 2.32. The number of fused-ring (bicyclic) bond motifs is 1. The second-order valence-electron chi connectivity index (χ2n) is 4.44. The van der Waals surface area contributed by atoms with Gasteiger partial charge in [0, 0.05) is 22.7 Å². The lowest BCUT2D eigenvalue weighted by Crippen LogP contribution is -2.48. The van der Waals surface area contributed by atoms with Crippen molar-refractivity contribution in [2.24, 2.45) is 0 Å². The molecule has 0 radical (unpaired) electrons. The highest BCUT2D eigenvalue weighted by Crippen LogP contribution is 2.32. The van der Waals surface area contributed by atoms with Gasteiger partial charge in [0.05, 0.1) is 0 Å². The van der Waals surface area contributed by atoms with Crippen molar-refractivity contribution >= 4 is 27.6 Å². The summed E-state index contributed by atoms with van der Waals surface area (Å²) in [7, 11) is 0. The molecule has 0 bridgehead atoms. The number of nitrogens with zero attached hydrogens (tertiary/aromatic N) is 1. The molecule has 1 aliphatic carbocycles. The van der Waals surface area contributed by atoms with E-state index in [9.17, 15) is 4.79 Å². The van der Waals surface area contributed by atoms with Crippen molar-refractivity contribution in [2.75, 3.05) is 5.32 Å². The molecule has 0 saturated heterocycles. The Hall–Kier alpha value is -1.03. The van der Waals surface area contributed by atoms with E-state index in [1.807, 2.05) is 17.0 Å². The van der Waals surface area contributed by atoms with E-state index < -0.39 is 0 Å². The fourth-order valence-electron chi connectivity index (χ4n) is 2.24. The van der Waals surface area contributed by atoms with E-state index in [4.69, 9.17) is 0 Å². The smallest absolute Gasteiger partial charge is 0.317 e. The number of halogens is 1. The van der Waals surface area contributed by atoms with E-state index in [0.717, 1.165) is 29.5 Å². The van der Waals surface area contributed by atoms with Crippen molar-refractivity contribution in [3.05, 3.63) is 28.2 Å². The number of hydrogen-bond acceptors (Lipinski definition) is 1. The molecule has 2 aliphatic rings. The molecule has 1 aromatic carbocycles. The first-order valence-corrected chi connectivity index (χ1v) is 6.39. The van der Waals surface area contributed by atoms with Gasteiger partial charge in [-0.1, -0.05) is 22.0 Å². The summed E-state index contributed by atoms with van der Waals surface area (Å²) < 4.78 is 1.00. The summed E-state index contributed by atoms with van der Waals surface area (Å²) in [4.78, 5) is 13.9. The number of benzene rings is 1. The first-order chi connectivity index (χ1) is 7.74. The van der Waals surface area contributed by atoms with Crippen LogP contribution in [-0.2, 0) is 6.54 Å². The molecule has 3 nitrogen and oxygen atoms in total. The molecular formula is C12H13BrN2O. The molecule has 0 atom stereocenters. The third-order valence-electron chi connectivity index (χ3n) is 3.43. The number of rotatable bonds is 1. The zero-order chi connectivity index (χ0) is 11.1. The van der Waals surface area contributed by atoms with Crippen LogP contribution in [0, 0.1) is 0 Å². The minimum atomic E-state index is 0.0512. The summed E-state index contributed by atoms with van der Waals surface area (Å²) in [6.07, 6.45) is 3.56. The van der Waals surface area contributed by atoms with Crippen LogP contribution in [0.4, 0.5) is 10.5 Å². The molecule has 16 heavy (non-hydrogen) atoms. The minimum Gasteiger partial charge on any atom is -0.317 e. The highest BCUT2D eigenvalue weighted by molar-refractivity contribution is 9.10. The first kappa shape index (κ1) is 10.1. The molecule has 1 aromatic rings. The normalized spacial score (nSPS) is 20.1. The fraction of sp³-hybridized carbons (Fsp3) is 0.417. The predicted molar refractivity (Wildman–Crippen MR) is 66.3 cm³/mol. The topological polar surface area (TPSA) is 32.3 Å². The number of amides is 2. The average Bonchev–Trinajstić information content (AvgIpc) is 2.16. The zero-order valence-electron chi connectivity index (χ0n) is 8.87. The minimum absolute atomic E-state index is 0.0512. The summed E-state index contributed by atoms with van der Waals surface area (Å²) in [5, 5.41) is 2.96. The van der Waals surface area contributed by atoms with Crippen LogP contribution in [0.3, 0.4) is 0 Å². The number of carbonyl (C=O) groups excluding carboxylic acids is 1. The number of nitrogens with one attached hydrogen (secondary N) is 1. The lowest BCUT2D eigenvalue weighted by atomic mass is 9.91. The Kier molecular flexibility index (Phi) is 2.39. The van der Waals surface area contributed by atoms with E-state index in [2.05, 4.69) is 27.3 Å². The summed E-state index contributed by atoms with van der Waals surface area (Å²) in [6.45, 7) is 0.749. The molecule has 0 spiro atoms. The molecule has 1 fully saturated rings. The second-order valence-corrected chi connectivity index (χ2v) is 5.36. The monoisotopic (exact) mass is 280 g/mol. The molecule has 0 unspecified atom stereocenters. The molecule has 1 N–H and O–H groups in total. The molecule has 1 saturated carbocycles. The first-order valence-electron chi connectivity index (χ1n) is 5.60. The van der Waals surface area contributed by atoms with Crippen LogP contribution in [-0.4, -0.2) is 17.0 Å². The molecule has 1 aliphatic heterocycles. The molecule has 2 amide bonds.